The van der Waals surface area contributed by atoms with Crippen molar-refractivity contribution in [3.05, 3.63) is 45.9 Å². The van der Waals surface area contributed by atoms with Crippen LogP contribution in [0.15, 0.2) is 29.8 Å². The highest BCUT2D eigenvalue weighted by Crippen LogP contribution is 2.45. The van der Waals surface area contributed by atoms with Gasteiger partial charge in [-0.2, -0.15) is 0 Å². The molecule has 2 saturated heterocycles. The molecule has 2 fully saturated rings. The lowest BCUT2D eigenvalue weighted by atomic mass is 9.85. The molecule has 5 nitrogen and oxygen atoms in total. The van der Waals surface area contributed by atoms with Gasteiger partial charge in [-0.25, -0.2) is 4.98 Å². The molecule has 0 spiro atoms. The minimum absolute atomic E-state index is 0.403. The second kappa shape index (κ2) is 8.49. The molecule has 3 aliphatic rings. The molecule has 1 aromatic heterocycles. The van der Waals surface area contributed by atoms with E-state index in [4.69, 9.17) is 9.47 Å². The van der Waals surface area contributed by atoms with Gasteiger partial charge in [0.15, 0.2) is 0 Å². The van der Waals surface area contributed by atoms with Crippen LogP contribution in [0.25, 0.3) is 0 Å². The van der Waals surface area contributed by atoms with Crippen molar-refractivity contribution >= 4 is 11.3 Å². The summed E-state index contributed by atoms with van der Waals surface area (Å²) < 4.78 is 11.6. The van der Waals surface area contributed by atoms with Gasteiger partial charge in [0.25, 0.3) is 0 Å². The van der Waals surface area contributed by atoms with Gasteiger partial charge in [-0.15, -0.1) is 11.3 Å². The van der Waals surface area contributed by atoms with E-state index in [1.54, 1.807) is 11.3 Å². The number of hydrogen-bond acceptors (Lipinski definition) is 6. The van der Waals surface area contributed by atoms with Gasteiger partial charge in [0, 0.05) is 49.7 Å². The zero-order valence-corrected chi connectivity index (χ0v) is 17.2. The first-order valence-corrected chi connectivity index (χ1v) is 11.5. The van der Waals surface area contributed by atoms with Crippen LogP contribution in [-0.4, -0.2) is 67.3 Å². The Kier molecular flexibility index (Phi) is 5.63. The third-order valence-corrected chi connectivity index (χ3v) is 7.20. The lowest BCUT2D eigenvalue weighted by Gasteiger charge is -2.36. The summed E-state index contributed by atoms with van der Waals surface area (Å²) in [4.78, 5) is 9.74. The van der Waals surface area contributed by atoms with Crippen molar-refractivity contribution < 1.29 is 9.47 Å². The van der Waals surface area contributed by atoms with Gasteiger partial charge in [-0.3, -0.25) is 9.80 Å². The Hall–Kier alpha value is -1.47. The molecular formula is C22H29N3O2S. The summed E-state index contributed by atoms with van der Waals surface area (Å²) in [7, 11) is 0. The number of fused-ring (bicyclic) bond motifs is 3. The Morgan fingerprint density at radius 1 is 1.18 bits per heavy atom. The number of benzene rings is 1. The molecule has 4 heterocycles. The number of rotatable bonds is 6. The van der Waals surface area contributed by atoms with E-state index in [1.807, 2.05) is 6.20 Å². The fourth-order valence-corrected chi connectivity index (χ4v) is 5.65. The first-order valence-electron chi connectivity index (χ1n) is 10.6. The van der Waals surface area contributed by atoms with Crippen LogP contribution in [0.2, 0.25) is 0 Å². The van der Waals surface area contributed by atoms with Crippen LogP contribution >= 0.6 is 11.3 Å². The number of thiazole rings is 1. The summed E-state index contributed by atoms with van der Waals surface area (Å²) >= 11 is 1.78. The summed E-state index contributed by atoms with van der Waals surface area (Å²) in [6, 6.07) is 7.34. The summed E-state index contributed by atoms with van der Waals surface area (Å²) in [6.07, 6.45) is 5.55. The molecule has 0 bridgehead atoms. The highest BCUT2D eigenvalue weighted by molar-refractivity contribution is 7.09. The Balaban J connectivity index is 1.27. The fourth-order valence-electron chi connectivity index (χ4n) is 4.90. The standard InChI is InChI=1S/C22H29N3O2S/c1-3-21-19-15-17(27-11-2-7-24-9-12-26-13-10-24)4-5-18(19)20(16-25(21)8-1)22-23-6-14-28-22/h4-6,14-15,20-21H,1-3,7-13,16H2/t20-,21-/m0/s1. The first kappa shape index (κ1) is 18.6. The van der Waals surface area contributed by atoms with Crippen LogP contribution in [-0.2, 0) is 4.74 Å². The fraction of sp³-hybridized carbons (Fsp3) is 0.591. The van der Waals surface area contributed by atoms with Crippen LogP contribution in [0.5, 0.6) is 5.75 Å². The Labute approximate surface area is 171 Å². The Morgan fingerprint density at radius 3 is 2.96 bits per heavy atom. The van der Waals surface area contributed by atoms with Gasteiger partial charge in [0.2, 0.25) is 0 Å². The van der Waals surface area contributed by atoms with Crippen molar-refractivity contribution in [3.8, 4) is 5.75 Å². The molecule has 0 saturated carbocycles. The molecule has 3 aliphatic heterocycles. The maximum atomic E-state index is 6.15. The van der Waals surface area contributed by atoms with Gasteiger partial charge in [-0.1, -0.05) is 6.07 Å². The maximum Gasteiger partial charge on any atom is 0.119 e. The molecule has 150 valence electrons. The molecule has 0 unspecified atom stereocenters. The topological polar surface area (TPSA) is 37.8 Å². The van der Waals surface area contributed by atoms with Crippen molar-refractivity contribution in [3.63, 3.8) is 0 Å². The molecule has 6 heteroatoms. The molecule has 0 radical (unpaired) electrons. The smallest absolute Gasteiger partial charge is 0.119 e. The monoisotopic (exact) mass is 399 g/mol. The third-order valence-electron chi connectivity index (χ3n) is 6.31. The molecule has 0 amide bonds. The highest BCUT2D eigenvalue weighted by atomic mass is 32.1. The summed E-state index contributed by atoms with van der Waals surface area (Å²) in [5.74, 6) is 1.42. The molecule has 5 rings (SSSR count). The lowest BCUT2D eigenvalue weighted by Crippen LogP contribution is -2.37. The van der Waals surface area contributed by atoms with Crippen molar-refractivity contribution in [1.82, 2.24) is 14.8 Å². The quantitative estimate of drug-likeness (QED) is 0.695. The minimum atomic E-state index is 0.403. The van der Waals surface area contributed by atoms with E-state index in [1.165, 1.54) is 35.5 Å². The van der Waals surface area contributed by atoms with Crippen molar-refractivity contribution in [2.24, 2.45) is 0 Å². The van der Waals surface area contributed by atoms with E-state index in [2.05, 4.69) is 38.4 Å². The summed E-state index contributed by atoms with van der Waals surface area (Å²) in [5, 5.41) is 3.34. The zero-order valence-electron chi connectivity index (χ0n) is 16.4. The second-order valence-electron chi connectivity index (χ2n) is 8.02. The number of morpholine rings is 1. The maximum absolute atomic E-state index is 6.15. The first-order chi connectivity index (χ1) is 13.9. The van der Waals surface area contributed by atoms with Crippen LogP contribution in [0.1, 0.15) is 47.4 Å². The number of hydrogen-bond donors (Lipinski definition) is 0. The molecule has 1 aromatic carbocycles. The van der Waals surface area contributed by atoms with Gasteiger partial charge < -0.3 is 9.47 Å². The predicted octanol–water partition coefficient (Wildman–Crippen LogP) is 3.53. The SMILES string of the molecule is c1csc([C@H]2CN3CCC[C@H]3c3cc(OCCCN4CCOCC4)ccc32)n1. The molecule has 2 atom stereocenters. The largest absolute Gasteiger partial charge is 0.494 e. The zero-order chi connectivity index (χ0) is 18.8. The van der Waals surface area contributed by atoms with Crippen molar-refractivity contribution in [2.75, 3.05) is 52.5 Å². The van der Waals surface area contributed by atoms with Crippen molar-refractivity contribution in [1.29, 1.82) is 0 Å². The molecule has 28 heavy (non-hydrogen) atoms. The van der Waals surface area contributed by atoms with E-state index in [0.717, 1.165) is 58.2 Å². The Bertz CT molecular complexity index is 776. The second-order valence-corrected chi connectivity index (χ2v) is 8.95. The van der Waals surface area contributed by atoms with E-state index in [9.17, 15) is 0 Å². The number of nitrogens with zero attached hydrogens (tertiary/aromatic N) is 3. The predicted molar refractivity (Wildman–Crippen MR) is 111 cm³/mol. The van der Waals surface area contributed by atoms with E-state index in [0.29, 0.717) is 12.0 Å². The van der Waals surface area contributed by atoms with E-state index < -0.39 is 0 Å². The number of ether oxygens (including phenoxy) is 2. The number of aromatic nitrogens is 1. The van der Waals surface area contributed by atoms with E-state index >= 15 is 0 Å². The van der Waals surface area contributed by atoms with Gasteiger partial charge >= 0.3 is 0 Å². The van der Waals surface area contributed by atoms with Crippen molar-refractivity contribution in [2.45, 2.75) is 31.2 Å². The lowest BCUT2D eigenvalue weighted by molar-refractivity contribution is 0.0358. The van der Waals surface area contributed by atoms with Gasteiger partial charge in [0.1, 0.15) is 10.8 Å². The molecular weight excluding hydrogens is 370 g/mol. The summed E-state index contributed by atoms with van der Waals surface area (Å²) in [6.45, 7) is 8.01. The average Bonchev–Trinajstić information content (AvgIpc) is 3.43. The van der Waals surface area contributed by atoms with Crippen LogP contribution < -0.4 is 4.74 Å². The molecule has 0 aliphatic carbocycles. The normalized spacial score (nSPS) is 25.4. The minimum Gasteiger partial charge on any atom is -0.494 e. The van der Waals surface area contributed by atoms with Crippen LogP contribution in [0.3, 0.4) is 0 Å². The molecule has 2 aromatic rings. The van der Waals surface area contributed by atoms with Crippen LogP contribution in [0, 0.1) is 0 Å². The van der Waals surface area contributed by atoms with Crippen LogP contribution in [0.4, 0.5) is 0 Å². The van der Waals surface area contributed by atoms with Gasteiger partial charge in [0.05, 0.1) is 19.8 Å². The third kappa shape index (κ3) is 3.83. The molecule has 0 N–H and O–H groups in total. The highest BCUT2D eigenvalue weighted by Gasteiger charge is 2.37. The van der Waals surface area contributed by atoms with E-state index in [-0.39, 0.29) is 0 Å². The van der Waals surface area contributed by atoms with Gasteiger partial charge in [-0.05, 0) is 49.1 Å². The Morgan fingerprint density at radius 2 is 2.11 bits per heavy atom. The average molecular weight is 400 g/mol. The summed E-state index contributed by atoms with van der Waals surface area (Å²) in [5.41, 5.74) is 2.92.